The minimum Gasteiger partial charge on any atom is -0.506 e. The van der Waals surface area contributed by atoms with Crippen molar-refractivity contribution in [1.29, 1.82) is 0 Å². The first-order valence-electron chi connectivity index (χ1n) is 6.19. The molecule has 0 aliphatic heterocycles. The van der Waals surface area contributed by atoms with Crippen LogP contribution in [0.3, 0.4) is 0 Å². The molecule has 3 N–H and O–H groups in total. The number of halogens is 1. The molecule has 0 heterocycles. The van der Waals surface area contributed by atoms with Crippen molar-refractivity contribution in [2.75, 3.05) is 10.6 Å². The van der Waals surface area contributed by atoms with Gasteiger partial charge >= 0.3 is 6.03 Å². The molecule has 0 spiro atoms. The zero-order valence-corrected chi connectivity index (χ0v) is 12.2. The number of nitrogens with zero attached hydrogens (tertiary/aromatic N) is 1. The molecular formula is C14H12ClN3O4. The minimum absolute atomic E-state index is 0.0635. The van der Waals surface area contributed by atoms with Gasteiger partial charge < -0.3 is 15.7 Å². The molecule has 0 saturated heterocycles. The van der Waals surface area contributed by atoms with Gasteiger partial charge in [-0.25, -0.2) is 4.79 Å². The molecule has 22 heavy (non-hydrogen) atoms. The Balaban J connectivity index is 2.17. The number of non-ortho nitro benzene ring substituents is 1. The first-order chi connectivity index (χ1) is 10.4. The second-order valence-electron chi connectivity index (χ2n) is 4.45. The van der Waals surface area contributed by atoms with E-state index in [-0.39, 0.29) is 17.1 Å². The van der Waals surface area contributed by atoms with Crippen molar-refractivity contribution in [3.63, 3.8) is 0 Å². The second-order valence-corrected chi connectivity index (χ2v) is 4.86. The number of benzene rings is 2. The summed E-state index contributed by atoms with van der Waals surface area (Å²) in [7, 11) is 0. The number of urea groups is 1. The Kier molecular flexibility index (Phi) is 4.47. The molecule has 0 aromatic heterocycles. The largest absolute Gasteiger partial charge is 0.506 e. The Hall–Kier alpha value is -2.80. The van der Waals surface area contributed by atoms with Crippen molar-refractivity contribution in [3.8, 4) is 5.75 Å². The Labute approximate surface area is 130 Å². The van der Waals surface area contributed by atoms with Crippen LogP contribution >= 0.6 is 11.6 Å². The van der Waals surface area contributed by atoms with Gasteiger partial charge in [-0.1, -0.05) is 17.7 Å². The number of hydrogen-bond acceptors (Lipinski definition) is 4. The van der Waals surface area contributed by atoms with Crippen LogP contribution in [0.1, 0.15) is 5.56 Å². The Morgan fingerprint density at radius 1 is 1.23 bits per heavy atom. The number of carbonyl (C=O) groups is 1. The molecular weight excluding hydrogens is 310 g/mol. The van der Waals surface area contributed by atoms with E-state index >= 15 is 0 Å². The van der Waals surface area contributed by atoms with Crippen LogP contribution in [0.2, 0.25) is 5.02 Å². The summed E-state index contributed by atoms with van der Waals surface area (Å²) in [5, 5.41) is 25.8. The van der Waals surface area contributed by atoms with Crippen LogP contribution in [-0.4, -0.2) is 16.1 Å². The standard InChI is InChI=1S/C14H12ClN3O4/c1-8-10(15)3-2-4-11(8)16-14(20)17-12-7-9(18(21)22)5-6-13(12)19/h2-7,19H,1H3,(H2,16,17,20). The van der Waals surface area contributed by atoms with Crippen molar-refractivity contribution < 1.29 is 14.8 Å². The average molecular weight is 322 g/mol. The molecule has 0 bridgehead atoms. The van der Waals surface area contributed by atoms with Crippen molar-refractivity contribution in [2.45, 2.75) is 6.92 Å². The molecule has 0 saturated carbocycles. The van der Waals surface area contributed by atoms with Gasteiger partial charge in [-0.3, -0.25) is 10.1 Å². The van der Waals surface area contributed by atoms with Crippen LogP contribution in [0.15, 0.2) is 36.4 Å². The summed E-state index contributed by atoms with van der Waals surface area (Å²) in [6, 6.07) is 7.72. The zero-order chi connectivity index (χ0) is 16.3. The quantitative estimate of drug-likeness (QED) is 0.453. The van der Waals surface area contributed by atoms with Gasteiger partial charge in [0, 0.05) is 22.8 Å². The first kappa shape index (κ1) is 15.6. The van der Waals surface area contributed by atoms with Crippen molar-refractivity contribution >= 4 is 34.7 Å². The lowest BCUT2D eigenvalue weighted by Gasteiger charge is -2.11. The van der Waals surface area contributed by atoms with E-state index in [0.717, 1.165) is 18.2 Å². The van der Waals surface area contributed by atoms with Crippen molar-refractivity contribution in [1.82, 2.24) is 0 Å². The highest BCUT2D eigenvalue weighted by Gasteiger charge is 2.13. The highest BCUT2D eigenvalue weighted by Crippen LogP contribution is 2.28. The number of nitro groups is 1. The van der Waals surface area contributed by atoms with Crippen LogP contribution in [0.25, 0.3) is 0 Å². The highest BCUT2D eigenvalue weighted by atomic mass is 35.5. The van der Waals surface area contributed by atoms with Gasteiger partial charge in [-0.15, -0.1) is 0 Å². The Bertz CT molecular complexity index is 749. The molecule has 114 valence electrons. The van der Waals surface area contributed by atoms with Crippen LogP contribution in [0, 0.1) is 17.0 Å². The second kappa shape index (κ2) is 6.31. The maximum absolute atomic E-state index is 11.9. The number of phenolic OH excluding ortho intramolecular Hbond substituents is 1. The molecule has 0 radical (unpaired) electrons. The van der Waals surface area contributed by atoms with Gasteiger partial charge in [-0.2, -0.15) is 0 Å². The maximum atomic E-state index is 11.9. The molecule has 7 nitrogen and oxygen atoms in total. The number of phenols is 1. The molecule has 0 unspecified atom stereocenters. The summed E-state index contributed by atoms with van der Waals surface area (Å²) in [6.45, 7) is 1.74. The molecule has 2 aromatic carbocycles. The van der Waals surface area contributed by atoms with Crippen molar-refractivity contribution in [2.24, 2.45) is 0 Å². The van der Waals surface area contributed by atoms with E-state index < -0.39 is 11.0 Å². The molecule has 2 amide bonds. The smallest absolute Gasteiger partial charge is 0.323 e. The first-order valence-corrected chi connectivity index (χ1v) is 6.57. The number of hydrogen-bond donors (Lipinski definition) is 3. The van der Waals surface area contributed by atoms with E-state index in [1.54, 1.807) is 25.1 Å². The Morgan fingerprint density at radius 3 is 2.59 bits per heavy atom. The van der Waals surface area contributed by atoms with E-state index in [4.69, 9.17) is 11.6 Å². The van der Waals surface area contributed by atoms with E-state index in [2.05, 4.69) is 10.6 Å². The molecule has 0 aliphatic carbocycles. The van der Waals surface area contributed by atoms with Crippen LogP contribution in [0.5, 0.6) is 5.75 Å². The third-order valence-electron chi connectivity index (χ3n) is 2.96. The minimum atomic E-state index is -0.652. The Morgan fingerprint density at radius 2 is 1.91 bits per heavy atom. The predicted molar refractivity (Wildman–Crippen MR) is 83.6 cm³/mol. The maximum Gasteiger partial charge on any atom is 0.323 e. The third kappa shape index (κ3) is 3.44. The third-order valence-corrected chi connectivity index (χ3v) is 3.36. The van der Waals surface area contributed by atoms with Gasteiger partial charge in [0.1, 0.15) is 5.75 Å². The summed E-state index contributed by atoms with van der Waals surface area (Å²) in [5.74, 6) is -0.274. The van der Waals surface area contributed by atoms with Crippen molar-refractivity contribution in [3.05, 3.63) is 57.1 Å². The number of nitro benzene ring substituents is 1. The van der Waals surface area contributed by atoms with E-state index in [1.807, 2.05) is 0 Å². The number of nitrogens with one attached hydrogen (secondary N) is 2. The monoisotopic (exact) mass is 321 g/mol. The molecule has 2 aromatic rings. The molecule has 8 heteroatoms. The van der Waals surface area contributed by atoms with E-state index in [0.29, 0.717) is 16.3 Å². The normalized spacial score (nSPS) is 10.1. The van der Waals surface area contributed by atoms with E-state index in [9.17, 15) is 20.0 Å². The van der Waals surface area contributed by atoms with Crippen LogP contribution < -0.4 is 10.6 Å². The lowest BCUT2D eigenvalue weighted by Crippen LogP contribution is -2.20. The van der Waals surface area contributed by atoms with Gasteiger partial charge in [0.25, 0.3) is 5.69 Å². The fourth-order valence-corrected chi connectivity index (χ4v) is 1.93. The van der Waals surface area contributed by atoms with Gasteiger partial charge in [-0.05, 0) is 30.7 Å². The molecule has 0 atom stereocenters. The number of aromatic hydroxyl groups is 1. The summed E-state index contributed by atoms with van der Waals surface area (Å²) < 4.78 is 0. The highest BCUT2D eigenvalue weighted by molar-refractivity contribution is 6.31. The summed E-state index contributed by atoms with van der Waals surface area (Å²) in [6.07, 6.45) is 0. The van der Waals surface area contributed by atoms with Crippen LogP contribution in [-0.2, 0) is 0 Å². The molecule has 2 rings (SSSR count). The fraction of sp³-hybridized carbons (Fsp3) is 0.0714. The number of anilines is 2. The number of carbonyl (C=O) groups excluding carboxylic acids is 1. The molecule has 0 aliphatic rings. The van der Waals surface area contributed by atoms with Crippen LogP contribution in [0.4, 0.5) is 21.9 Å². The summed E-state index contributed by atoms with van der Waals surface area (Å²) in [4.78, 5) is 22.0. The predicted octanol–water partition coefficient (Wildman–Crippen LogP) is 3.91. The fourth-order valence-electron chi connectivity index (χ4n) is 1.76. The lowest BCUT2D eigenvalue weighted by atomic mass is 10.2. The van der Waals surface area contributed by atoms with Gasteiger partial charge in [0.05, 0.1) is 10.6 Å². The average Bonchev–Trinajstić information content (AvgIpc) is 2.46. The topological polar surface area (TPSA) is 104 Å². The number of amides is 2. The van der Waals surface area contributed by atoms with Gasteiger partial charge in [0.15, 0.2) is 0 Å². The molecule has 0 fully saturated rings. The zero-order valence-electron chi connectivity index (χ0n) is 11.5. The van der Waals surface area contributed by atoms with E-state index in [1.165, 1.54) is 0 Å². The van der Waals surface area contributed by atoms with Gasteiger partial charge in [0.2, 0.25) is 0 Å². The summed E-state index contributed by atoms with van der Waals surface area (Å²) >= 11 is 5.95. The lowest BCUT2D eigenvalue weighted by molar-refractivity contribution is -0.384. The SMILES string of the molecule is Cc1c(Cl)cccc1NC(=O)Nc1cc([N+](=O)[O-])ccc1O. The number of rotatable bonds is 3. The summed E-state index contributed by atoms with van der Waals surface area (Å²) in [5.41, 5.74) is 0.871.